The van der Waals surface area contributed by atoms with Crippen molar-refractivity contribution < 1.29 is 0 Å². The summed E-state index contributed by atoms with van der Waals surface area (Å²) in [6.45, 7) is 6.48. The zero-order chi connectivity index (χ0) is 14.3. The molecule has 5 heteroatoms. The minimum atomic E-state index is 0.228. The summed E-state index contributed by atoms with van der Waals surface area (Å²) in [4.78, 5) is 9.19. The maximum Gasteiger partial charge on any atom is 0.179 e. The van der Waals surface area contributed by atoms with Gasteiger partial charge in [0.2, 0.25) is 0 Å². The number of thiophene rings is 1. The van der Waals surface area contributed by atoms with Crippen LogP contribution in [0.3, 0.4) is 0 Å². The number of nitrogens with one attached hydrogen (secondary N) is 1. The number of fused-ring (bicyclic) bond motifs is 1. The van der Waals surface area contributed by atoms with Gasteiger partial charge in [-0.1, -0.05) is 19.9 Å². The first-order chi connectivity index (χ1) is 9.58. The van der Waals surface area contributed by atoms with E-state index in [0.29, 0.717) is 5.92 Å². The van der Waals surface area contributed by atoms with Crippen LogP contribution < -0.4 is 0 Å². The molecule has 3 aromatic rings. The summed E-state index contributed by atoms with van der Waals surface area (Å²) < 4.78 is 2.89. The van der Waals surface area contributed by atoms with Crippen LogP contribution in [0.25, 0.3) is 11.2 Å². The molecular weight excluding hydrogens is 286 g/mol. The number of H-pyrrole nitrogens is 1. The second-order valence-corrected chi connectivity index (χ2v) is 6.75. The van der Waals surface area contributed by atoms with E-state index in [1.165, 1.54) is 4.88 Å². The van der Waals surface area contributed by atoms with Gasteiger partial charge in [-0.3, -0.25) is 4.57 Å². The smallest absolute Gasteiger partial charge is 0.179 e. The van der Waals surface area contributed by atoms with Gasteiger partial charge >= 0.3 is 0 Å². The van der Waals surface area contributed by atoms with Crippen LogP contribution in [0.2, 0.25) is 0 Å². The van der Waals surface area contributed by atoms with Crippen LogP contribution in [0.4, 0.5) is 0 Å². The van der Waals surface area contributed by atoms with Crippen molar-refractivity contribution in [1.29, 1.82) is 0 Å². The Morgan fingerprint density at radius 3 is 2.85 bits per heavy atom. The highest BCUT2D eigenvalue weighted by molar-refractivity contribution is 7.71. The molecule has 1 unspecified atom stereocenters. The number of pyridine rings is 1. The molecule has 20 heavy (non-hydrogen) atoms. The monoisotopic (exact) mass is 303 g/mol. The van der Waals surface area contributed by atoms with E-state index in [1.807, 2.05) is 13.1 Å². The average Bonchev–Trinajstić information content (AvgIpc) is 2.98. The van der Waals surface area contributed by atoms with Gasteiger partial charge in [0.15, 0.2) is 10.4 Å². The minimum Gasteiger partial charge on any atom is -0.329 e. The molecule has 3 nitrogen and oxygen atoms in total. The molecule has 1 atom stereocenters. The molecule has 0 fully saturated rings. The number of aromatic nitrogens is 3. The Hall–Kier alpha value is -1.46. The van der Waals surface area contributed by atoms with Crippen molar-refractivity contribution in [2.24, 2.45) is 5.92 Å². The number of imidazole rings is 1. The van der Waals surface area contributed by atoms with Crippen LogP contribution in [0, 0.1) is 17.6 Å². The third-order valence-corrected chi connectivity index (χ3v) is 4.68. The van der Waals surface area contributed by atoms with Gasteiger partial charge in [-0.25, -0.2) is 4.98 Å². The molecule has 0 saturated heterocycles. The van der Waals surface area contributed by atoms with Crippen LogP contribution in [0.5, 0.6) is 0 Å². The molecule has 0 aromatic carbocycles. The van der Waals surface area contributed by atoms with Crippen molar-refractivity contribution in [1.82, 2.24) is 14.5 Å². The molecule has 3 aromatic heterocycles. The summed E-state index contributed by atoms with van der Waals surface area (Å²) in [7, 11) is 0. The number of hydrogen-bond acceptors (Lipinski definition) is 3. The molecule has 0 aliphatic heterocycles. The Morgan fingerprint density at radius 1 is 1.40 bits per heavy atom. The molecule has 0 aliphatic carbocycles. The van der Waals surface area contributed by atoms with Crippen LogP contribution in [0.1, 0.15) is 30.3 Å². The zero-order valence-electron chi connectivity index (χ0n) is 11.8. The number of nitrogens with zero attached hydrogens (tertiary/aromatic N) is 2. The number of aryl methyl sites for hydroxylation is 1. The van der Waals surface area contributed by atoms with E-state index in [0.717, 1.165) is 21.5 Å². The summed E-state index contributed by atoms with van der Waals surface area (Å²) in [5, 5.41) is 2.11. The summed E-state index contributed by atoms with van der Waals surface area (Å²) in [6, 6.07) is 6.59. The first kappa shape index (κ1) is 13.5. The molecule has 0 spiro atoms. The molecule has 0 saturated carbocycles. The average molecular weight is 303 g/mol. The number of aromatic amines is 1. The van der Waals surface area contributed by atoms with E-state index in [-0.39, 0.29) is 6.04 Å². The van der Waals surface area contributed by atoms with Gasteiger partial charge in [0.05, 0.1) is 11.6 Å². The fourth-order valence-electron chi connectivity index (χ4n) is 2.59. The maximum atomic E-state index is 5.54. The van der Waals surface area contributed by atoms with E-state index in [9.17, 15) is 0 Å². The van der Waals surface area contributed by atoms with Gasteiger partial charge in [-0.05, 0) is 48.1 Å². The van der Waals surface area contributed by atoms with Crippen LogP contribution in [-0.4, -0.2) is 14.5 Å². The lowest BCUT2D eigenvalue weighted by Crippen LogP contribution is -2.16. The van der Waals surface area contributed by atoms with Crippen LogP contribution >= 0.6 is 23.6 Å². The Bertz CT molecular complexity index is 781. The fourth-order valence-corrected chi connectivity index (χ4v) is 3.89. The molecule has 3 rings (SSSR count). The lowest BCUT2D eigenvalue weighted by Gasteiger charge is -2.21. The molecule has 0 bridgehead atoms. The molecule has 1 N–H and O–H groups in total. The minimum absolute atomic E-state index is 0.228. The van der Waals surface area contributed by atoms with Crippen molar-refractivity contribution >= 4 is 34.7 Å². The van der Waals surface area contributed by atoms with E-state index < -0.39 is 0 Å². The second kappa shape index (κ2) is 5.14. The Balaban J connectivity index is 2.26. The van der Waals surface area contributed by atoms with Crippen LogP contribution in [-0.2, 0) is 0 Å². The lowest BCUT2D eigenvalue weighted by molar-refractivity contribution is 0.447. The van der Waals surface area contributed by atoms with E-state index in [4.69, 9.17) is 12.2 Å². The zero-order valence-corrected chi connectivity index (χ0v) is 13.4. The molecule has 3 heterocycles. The second-order valence-electron chi connectivity index (χ2n) is 5.39. The molecule has 0 amide bonds. The summed E-state index contributed by atoms with van der Waals surface area (Å²) in [5.41, 5.74) is 3.09. The highest BCUT2D eigenvalue weighted by atomic mass is 32.1. The van der Waals surface area contributed by atoms with Gasteiger partial charge in [0.25, 0.3) is 0 Å². The fraction of sp³-hybridized carbons (Fsp3) is 0.333. The molecule has 104 valence electrons. The third-order valence-electron chi connectivity index (χ3n) is 3.44. The van der Waals surface area contributed by atoms with E-state index in [1.54, 1.807) is 11.3 Å². The van der Waals surface area contributed by atoms with E-state index in [2.05, 4.69) is 52.0 Å². The largest absolute Gasteiger partial charge is 0.329 e. The highest BCUT2D eigenvalue weighted by Crippen LogP contribution is 2.32. The topological polar surface area (TPSA) is 33.6 Å². The van der Waals surface area contributed by atoms with Gasteiger partial charge in [-0.15, -0.1) is 11.3 Å². The quantitative estimate of drug-likeness (QED) is 0.711. The molecular formula is C15H17N3S2. The first-order valence-electron chi connectivity index (χ1n) is 6.68. The predicted molar refractivity (Wildman–Crippen MR) is 87.0 cm³/mol. The standard InChI is InChI=1S/C15H17N3S2/c1-9(2)13(12-5-4-6-20-12)18-14-11(17-15(18)19)7-10(3)8-16-14/h4-9,13H,1-3H3,(H,17,19). The number of rotatable bonds is 3. The molecule has 0 aliphatic rings. The highest BCUT2D eigenvalue weighted by Gasteiger charge is 2.22. The van der Waals surface area contributed by atoms with Gasteiger partial charge < -0.3 is 4.98 Å². The van der Waals surface area contributed by atoms with Gasteiger partial charge in [-0.2, -0.15) is 0 Å². The Morgan fingerprint density at radius 2 is 2.20 bits per heavy atom. The lowest BCUT2D eigenvalue weighted by atomic mass is 10.0. The SMILES string of the molecule is Cc1cnc2c(c1)[nH]c(=S)n2C(c1cccs1)C(C)C. The summed E-state index contributed by atoms with van der Waals surface area (Å²) >= 11 is 7.31. The van der Waals surface area contributed by atoms with Crippen molar-refractivity contribution in [3.05, 3.63) is 45.0 Å². The normalized spacial score (nSPS) is 13.2. The maximum absolute atomic E-state index is 5.54. The van der Waals surface area contributed by atoms with Crippen molar-refractivity contribution in [3.8, 4) is 0 Å². The Labute approximate surface area is 127 Å². The van der Waals surface area contributed by atoms with Crippen LogP contribution in [0.15, 0.2) is 29.8 Å². The van der Waals surface area contributed by atoms with Gasteiger partial charge in [0, 0.05) is 11.1 Å². The third kappa shape index (κ3) is 2.21. The molecule has 0 radical (unpaired) electrons. The Kier molecular flexibility index (Phi) is 3.48. The van der Waals surface area contributed by atoms with Crippen molar-refractivity contribution in [3.63, 3.8) is 0 Å². The predicted octanol–water partition coefficient (Wildman–Crippen LogP) is 4.71. The summed E-state index contributed by atoms with van der Waals surface area (Å²) in [5.74, 6) is 0.447. The first-order valence-corrected chi connectivity index (χ1v) is 7.97. The van der Waals surface area contributed by atoms with Crippen molar-refractivity contribution in [2.75, 3.05) is 0 Å². The van der Waals surface area contributed by atoms with Gasteiger partial charge in [0.1, 0.15) is 0 Å². The van der Waals surface area contributed by atoms with E-state index >= 15 is 0 Å². The summed E-state index contributed by atoms with van der Waals surface area (Å²) in [6.07, 6.45) is 1.90. The number of hydrogen-bond donors (Lipinski definition) is 1. The van der Waals surface area contributed by atoms with Crippen molar-refractivity contribution in [2.45, 2.75) is 26.8 Å².